The molecule has 0 unspecified atom stereocenters. The first kappa shape index (κ1) is 22.6. The van der Waals surface area contributed by atoms with Gasteiger partial charge >= 0.3 is 12.4 Å². The van der Waals surface area contributed by atoms with Crippen LogP contribution >= 0.6 is 0 Å². The molecule has 2 rings (SSSR count). The maximum atomic E-state index is 12.9. The van der Waals surface area contributed by atoms with Crippen LogP contribution in [0.25, 0.3) is 0 Å². The summed E-state index contributed by atoms with van der Waals surface area (Å²) in [5.74, 6) is -4.10. The third-order valence-electron chi connectivity index (χ3n) is 3.70. The maximum Gasteiger partial charge on any atom is 0.453 e. The monoisotopic (exact) mass is 445 g/mol. The summed E-state index contributed by atoms with van der Waals surface area (Å²) in [4.78, 5) is 18.7. The van der Waals surface area contributed by atoms with Crippen molar-refractivity contribution in [3.8, 4) is 0 Å². The number of pyridine rings is 1. The van der Waals surface area contributed by atoms with Crippen molar-refractivity contribution in [3.05, 3.63) is 29.3 Å². The molecule has 160 valence electrons. The number of sulfone groups is 1. The number of aryl methyl sites for hydroxylation is 1. The average Bonchev–Trinajstić information content (AvgIpc) is 3.01. The zero-order valence-corrected chi connectivity index (χ0v) is 15.8. The van der Waals surface area contributed by atoms with E-state index in [4.69, 9.17) is 0 Å². The van der Waals surface area contributed by atoms with Gasteiger partial charge in [0.2, 0.25) is 5.95 Å². The van der Waals surface area contributed by atoms with E-state index in [2.05, 4.69) is 15.1 Å². The number of aromatic nitrogens is 4. The van der Waals surface area contributed by atoms with E-state index in [1.54, 1.807) is 0 Å². The second kappa shape index (κ2) is 7.27. The molecule has 0 saturated heterocycles. The Balaban J connectivity index is 2.59. The van der Waals surface area contributed by atoms with Crippen LogP contribution in [0.2, 0.25) is 0 Å². The van der Waals surface area contributed by atoms with E-state index in [1.165, 1.54) is 0 Å². The Morgan fingerprint density at radius 1 is 1.17 bits per heavy atom. The van der Waals surface area contributed by atoms with E-state index in [0.717, 1.165) is 21.0 Å². The van der Waals surface area contributed by atoms with Gasteiger partial charge in [-0.1, -0.05) is 6.92 Å². The molecule has 0 atom stereocenters. The van der Waals surface area contributed by atoms with Gasteiger partial charge in [0.05, 0.1) is 16.2 Å². The highest BCUT2D eigenvalue weighted by Gasteiger charge is 2.39. The predicted octanol–water partition coefficient (Wildman–Crippen LogP) is 2.32. The fourth-order valence-electron chi connectivity index (χ4n) is 2.19. The molecule has 0 N–H and O–H groups in total. The minimum Gasteiger partial charge on any atom is -0.279 e. The lowest BCUT2D eigenvalue weighted by atomic mass is 10.2. The zero-order valence-electron chi connectivity index (χ0n) is 15.0. The standard InChI is InChI=1S/C14H13F6N5O3S/c1-4-29(27,28)8-5-7(13(15,16)17)6-21-9(8)10(26)24(2)12-22-11(14(18,19)20)23-25(12)3/h5-6H,4H2,1-3H3. The molecule has 0 aromatic carbocycles. The number of hydrogen-bond acceptors (Lipinski definition) is 6. The van der Waals surface area contributed by atoms with Crippen molar-refractivity contribution in [2.45, 2.75) is 24.2 Å². The van der Waals surface area contributed by atoms with E-state index >= 15 is 0 Å². The molecule has 0 fully saturated rings. The molecule has 0 saturated carbocycles. The van der Waals surface area contributed by atoms with Crippen LogP contribution < -0.4 is 4.90 Å². The van der Waals surface area contributed by atoms with Crippen molar-refractivity contribution in [2.75, 3.05) is 17.7 Å². The Kier molecular flexibility index (Phi) is 5.66. The highest BCUT2D eigenvalue weighted by molar-refractivity contribution is 7.91. The number of carbonyl (C=O) groups is 1. The fraction of sp³-hybridized carbons (Fsp3) is 0.429. The molecule has 2 heterocycles. The van der Waals surface area contributed by atoms with E-state index < -0.39 is 61.8 Å². The number of nitrogens with zero attached hydrogens (tertiary/aromatic N) is 5. The van der Waals surface area contributed by atoms with Crippen molar-refractivity contribution in [1.29, 1.82) is 0 Å². The summed E-state index contributed by atoms with van der Waals surface area (Å²) < 4.78 is 102. The molecule has 0 aliphatic heterocycles. The summed E-state index contributed by atoms with van der Waals surface area (Å²) >= 11 is 0. The summed E-state index contributed by atoms with van der Waals surface area (Å²) in [5.41, 5.74) is -2.29. The molecular formula is C14H13F6N5O3S. The Labute approximate surface area is 160 Å². The number of halogens is 6. The molecule has 2 aromatic rings. The van der Waals surface area contributed by atoms with Crippen LogP contribution in [0.1, 0.15) is 28.8 Å². The lowest BCUT2D eigenvalue weighted by Crippen LogP contribution is -2.31. The minimum absolute atomic E-state index is 0.255. The van der Waals surface area contributed by atoms with Gasteiger partial charge in [0.1, 0.15) is 5.69 Å². The topological polar surface area (TPSA) is 98.0 Å². The lowest BCUT2D eigenvalue weighted by Gasteiger charge is -2.17. The summed E-state index contributed by atoms with van der Waals surface area (Å²) in [5, 5.41) is 3.11. The van der Waals surface area contributed by atoms with Crippen LogP contribution in [-0.2, 0) is 29.2 Å². The van der Waals surface area contributed by atoms with Crippen LogP contribution in [-0.4, -0.2) is 46.9 Å². The van der Waals surface area contributed by atoms with Gasteiger partial charge in [-0.2, -0.15) is 31.3 Å². The first-order valence-corrected chi connectivity index (χ1v) is 9.31. The number of hydrogen-bond donors (Lipinski definition) is 0. The molecule has 2 aromatic heterocycles. The van der Waals surface area contributed by atoms with Crippen molar-refractivity contribution >= 4 is 21.7 Å². The quantitative estimate of drug-likeness (QED) is 0.670. The first-order chi connectivity index (χ1) is 13.1. The van der Waals surface area contributed by atoms with Crippen molar-refractivity contribution in [2.24, 2.45) is 7.05 Å². The summed E-state index contributed by atoms with van der Waals surface area (Å²) in [6.07, 6.45) is -9.58. The van der Waals surface area contributed by atoms with E-state index in [9.17, 15) is 39.6 Å². The molecule has 0 bridgehead atoms. The molecule has 8 nitrogen and oxygen atoms in total. The normalized spacial score (nSPS) is 12.9. The number of rotatable bonds is 4. The van der Waals surface area contributed by atoms with Crippen molar-refractivity contribution < 1.29 is 39.6 Å². The maximum absolute atomic E-state index is 12.9. The number of amides is 1. The smallest absolute Gasteiger partial charge is 0.279 e. The van der Waals surface area contributed by atoms with Gasteiger partial charge in [-0.05, 0) is 6.07 Å². The molecule has 1 amide bonds. The Morgan fingerprint density at radius 2 is 1.76 bits per heavy atom. The Bertz CT molecular complexity index is 1040. The average molecular weight is 445 g/mol. The third kappa shape index (κ3) is 4.49. The Hall–Kier alpha value is -2.71. The van der Waals surface area contributed by atoms with E-state index in [-0.39, 0.29) is 12.3 Å². The second-order valence-corrected chi connectivity index (χ2v) is 7.94. The second-order valence-electron chi connectivity index (χ2n) is 5.69. The highest BCUT2D eigenvalue weighted by atomic mass is 32.2. The number of anilines is 1. The van der Waals surface area contributed by atoms with Gasteiger partial charge in [0.25, 0.3) is 11.7 Å². The molecule has 15 heteroatoms. The van der Waals surface area contributed by atoms with Crippen LogP contribution in [0.3, 0.4) is 0 Å². The van der Waals surface area contributed by atoms with Gasteiger partial charge in [-0.3, -0.25) is 9.69 Å². The lowest BCUT2D eigenvalue weighted by molar-refractivity contribution is -0.145. The molecular weight excluding hydrogens is 432 g/mol. The van der Waals surface area contributed by atoms with Gasteiger partial charge in [0.15, 0.2) is 9.84 Å². The first-order valence-electron chi connectivity index (χ1n) is 7.66. The van der Waals surface area contributed by atoms with Crippen LogP contribution in [0, 0.1) is 0 Å². The minimum atomic E-state index is -4.93. The van der Waals surface area contributed by atoms with Crippen LogP contribution in [0.4, 0.5) is 32.3 Å². The highest BCUT2D eigenvalue weighted by Crippen LogP contribution is 2.32. The third-order valence-corrected chi connectivity index (χ3v) is 5.44. The largest absolute Gasteiger partial charge is 0.453 e. The molecule has 0 spiro atoms. The van der Waals surface area contributed by atoms with Crippen molar-refractivity contribution in [3.63, 3.8) is 0 Å². The van der Waals surface area contributed by atoms with Gasteiger partial charge in [0, 0.05) is 20.3 Å². The Morgan fingerprint density at radius 3 is 2.21 bits per heavy atom. The van der Waals surface area contributed by atoms with Gasteiger partial charge < -0.3 is 0 Å². The predicted molar refractivity (Wildman–Crippen MR) is 85.7 cm³/mol. The summed E-state index contributed by atoms with van der Waals surface area (Å²) in [6, 6.07) is 0.255. The van der Waals surface area contributed by atoms with Gasteiger partial charge in [-0.15, -0.1) is 5.10 Å². The zero-order chi connectivity index (χ0) is 22.4. The molecule has 0 aliphatic rings. The number of alkyl halides is 6. The van der Waals surface area contributed by atoms with E-state index in [0.29, 0.717) is 9.58 Å². The van der Waals surface area contributed by atoms with E-state index in [1.807, 2.05) is 0 Å². The number of carbonyl (C=O) groups excluding carboxylic acids is 1. The summed E-state index contributed by atoms with van der Waals surface area (Å²) in [6.45, 7) is 1.14. The SMILES string of the molecule is CCS(=O)(=O)c1cc(C(F)(F)F)cnc1C(=O)N(C)c1nc(C(F)(F)F)nn1C. The van der Waals surface area contributed by atoms with Crippen LogP contribution in [0.5, 0.6) is 0 Å². The van der Waals surface area contributed by atoms with Gasteiger partial charge in [-0.25, -0.2) is 18.1 Å². The molecule has 0 radical (unpaired) electrons. The molecule has 29 heavy (non-hydrogen) atoms. The summed E-state index contributed by atoms with van der Waals surface area (Å²) in [7, 11) is -2.33. The van der Waals surface area contributed by atoms with Crippen LogP contribution in [0.15, 0.2) is 17.2 Å². The fourth-order valence-corrected chi connectivity index (χ4v) is 3.24. The molecule has 0 aliphatic carbocycles. The van der Waals surface area contributed by atoms with Crippen molar-refractivity contribution in [1.82, 2.24) is 19.7 Å².